The fourth-order valence-corrected chi connectivity index (χ4v) is 3.13. The standard InChI is InChI=1S/C10H16N2OS/c1-7-4-10(11,5-7)6-8-3-9(13-2)12-14-8/h3,7H,4-6,11H2,1-2H3. The Bertz CT molecular complexity index is 318. The first-order chi connectivity index (χ1) is 6.61. The van der Waals surface area contributed by atoms with Gasteiger partial charge in [0.25, 0.3) is 0 Å². The van der Waals surface area contributed by atoms with Crippen molar-refractivity contribution in [3.05, 3.63) is 10.9 Å². The first-order valence-corrected chi connectivity index (χ1v) is 5.67. The van der Waals surface area contributed by atoms with Crippen molar-refractivity contribution < 1.29 is 4.74 Å². The summed E-state index contributed by atoms with van der Waals surface area (Å²) in [5, 5.41) is 0. The first-order valence-electron chi connectivity index (χ1n) is 4.90. The highest BCUT2D eigenvalue weighted by atomic mass is 32.1. The molecular weight excluding hydrogens is 196 g/mol. The van der Waals surface area contributed by atoms with Crippen LogP contribution >= 0.6 is 11.5 Å². The molecule has 1 saturated carbocycles. The van der Waals surface area contributed by atoms with E-state index < -0.39 is 0 Å². The van der Waals surface area contributed by atoms with Crippen molar-refractivity contribution in [3.8, 4) is 5.88 Å². The highest BCUT2D eigenvalue weighted by Crippen LogP contribution is 2.38. The van der Waals surface area contributed by atoms with E-state index in [4.69, 9.17) is 10.5 Å². The molecular formula is C10H16N2OS. The Morgan fingerprint density at radius 2 is 2.43 bits per heavy atom. The van der Waals surface area contributed by atoms with Crippen molar-refractivity contribution >= 4 is 11.5 Å². The average Bonchev–Trinajstić information content (AvgIpc) is 2.49. The van der Waals surface area contributed by atoms with Crippen molar-refractivity contribution in [1.29, 1.82) is 0 Å². The molecule has 0 aliphatic heterocycles. The van der Waals surface area contributed by atoms with E-state index in [0.29, 0.717) is 5.88 Å². The topological polar surface area (TPSA) is 48.1 Å². The third-order valence-corrected chi connectivity index (χ3v) is 3.55. The monoisotopic (exact) mass is 212 g/mol. The van der Waals surface area contributed by atoms with Gasteiger partial charge in [0.15, 0.2) is 0 Å². The van der Waals surface area contributed by atoms with Gasteiger partial charge in [-0.05, 0) is 30.3 Å². The minimum atomic E-state index is 0.0248. The van der Waals surface area contributed by atoms with Gasteiger partial charge < -0.3 is 10.5 Å². The van der Waals surface area contributed by atoms with Gasteiger partial charge in [-0.2, -0.15) is 4.37 Å². The number of nitrogens with two attached hydrogens (primary N) is 1. The largest absolute Gasteiger partial charge is 0.480 e. The molecule has 14 heavy (non-hydrogen) atoms. The quantitative estimate of drug-likeness (QED) is 0.831. The number of hydrogen-bond acceptors (Lipinski definition) is 4. The lowest BCUT2D eigenvalue weighted by molar-refractivity contribution is 0.163. The smallest absolute Gasteiger partial charge is 0.225 e. The van der Waals surface area contributed by atoms with Crippen molar-refractivity contribution in [2.24, 2.45) is 11.7 Å². The van der Waals surface area contributed by atoms with Crippen molar-refractivity contribution in [1.82, 2.24) is 4.37 Å². The van der Waals surface area contributed by atoms with Gasteiger partial charge in [0, 0.05) is 22.9 Å². The number of nitrogens with zero attached hydrogens (tertiary/aromatic N) is 1. The van der Waals surface area contributed by atoms with E-state index in [1.807, 2.05) is 6.07 Å². The van der Waals surface area contributed by atoms with Gasteiger partial charge in [-0.25, -0.2) is 0 Å². The first kappa shape index (κ1) is 9.93. The third kappa shape index (κ3) is 1.91. The SMILES string of the molecule is COc1cc(CC2(N)CC(C)C2)sn1. The van der Waals surface area contributed by atoms with E-state index in [9.17, 15) is 0 Å². The van der Waals surface area contributed by atoms with E-state index in [0.717, 1.165) is 25.2 Å². The molecule has 4 heteroatoms. The molecule has 0 atom stereocenters. The molecule has 1 aromatic rings. The van der Waals surface area contributed by atoms with E-state index in [2.05, 4.69) is 11.3 Å². The molecule has 0 aromatic carbocycles. The van der Waals surface area contributed by atoms with Crippen LogP contribution in [0.1, 0.15) is 24.6 Å². The second-order valence-electron chi connectivity index (χ2n) is 4.39. The van der Waals surface area contributed by atoms with Crippen LogP contribution < -0.4 is 10.5 Å². The van der Waals surface area contributed by atoms with E-state index in [1.165, 1.54) is 16.4 Å². The summed E-state index contributed by atoms with van der Waals surface area (Å²) in [6.45, 7) is 2.25. The predicted molar refractivity (Wildman–Crippen MR) is 57.7 cm³/mol. The fraction of sp³-hybridized carbons (Fsp3) is 0.700. The Balaban J connectivity index is 1.97. The maximum absolute atomic E-state index is 6.21. The highest BCUT2D eigenvalue weighted by Gasteiger charge is 2.38. The zero-order valence-corrected chi connectivity index (χ0v) is 9.43. The van der Waals surface area contributed by atoms with Crippen LogP contribution in [0.15, 0.2) is 6.07 Å². The van der Waals surface area contributed by atoms with Crippen LogP contribution in [0.4, 0.5) is 0 Å². The number of hydrogen-bond donors (Lipinski definition) is 1. The number of aromatic nitrogens is 1. The molecule has 2 N–H and O–H groups in total. The molecule has 1 aromatic heterocycles. The van der Waals surface area contributed by atoms with Crippen LogP contribution in [-0.4, -0.2) is 17.0 Å². The number of methoxy groups -OCH3 is 1. The molecule has 0 spiro atoms. The van der Waals surface area contributed by atoms with Crippen LogP contribution in [0.3, 0.4) is 0 Å². The third-order valence-electron chi connectivity index (χ3n) is 2.78. The Hall–Kier alpha value is -0.610. The van der Waals surface area contributed by atoms with Gasteiger partial charge >= 0.3 is 0 Å². The molecule has 0 saturated heterocycles. The maximum Gasteiger partial charge on any atom is 0.225 e. The van der Waals surface area contributed by atoms with Gasteiger partial charge in [-0.15, -0.1) is 0 Å². The summed E-state index contributed by atoms with van der Waals surface area (Å²) in [6, 6.07) is 1.99. The molecule has 78 valence electrons. The Kier molecular flexibility index (Phi) is 2.49. The van der Waals surface area contributed by atoms with Gasteiger partial charge in [0.05, 0.1) is 7.11 Å². The minimum Gasteiger partial charge on any atom is -0.480 e. The van der Waals surface area contributed by atoms with Crippen molar-refractivity contribution in [2.75, 3.05) is 7.11 Å². The summed E-state index contributed by atoms with van der Waals surface area (Å²) in [5.74, 6) is 1.50. The van der Waals surface area contributed by atoms with Crippen LogP contribution in [0.5, 0.6) is 5.88 Å². The molecule has 0 amide bonds. The lowest BCUT2D eigenvalue weighted by Gasteiger charge is -2.43. The van der Waals surface area contributed by atoms with Gasteiger partial charge in [-0.3, -0.25) is 0 Å². The van der Waals surface area contributed by atoms with Gasteiger partial charge in [0.1, 0.15) is 0 Å². The van der Waals surface area contributed by atoms with Crippen LogP contribution in [-0.2, 0) is 6.42 Å². The normalized spacial score (nSPS) is 31.2. The lowest BCUT2D eigenvalue weighted by Crippen LogP contribution is -2.52. The number of ether oxygens (including phenoxy) is 1. The minimum absolute atomic E-state index is 0.0248. The summed E-state index contributed by atoms with van der Waals surface area (Å²) in [5.41, 5.74) is 6.24. The Morgan fingerprint density at radius 3 is 2.93 bits per heavy atom. The van der Waals surface area contributed by atoms with Gasteiger partial charge in [0.2, 0.25) is 5.88 Å². The second-order valence-corrected chi connectivity index (χ2v) is 5.28. The lowest BCUT2D eigenvalue weighted by atomic mass is 9.68. The average molecular weight is 212 g/mol. The fourth-order valence-electron chi connectivity index (χ4n) is 2.29. The molecule has 0 radical (unpaired) electrons. The molecule has 0 unspecified atom stereocenters. The summed E-state index contributed by atoms with van der Waals surface area (Å²) >= 11 is 1.50. The highest BCUT2D eigenvalue weighted by molar-refractivity contribution is 7.05. The van der Waals surface area contributed by atoms with E-state index in [1.54, 1.807) is 7.11 Å². The zero-order valence-electron chi connectivity index (χ0n) is 8.62. The van der Waals surface area contributed by atoms with Crippen LogP contribution in [0, 0.1) is 5.92 Å². The van der Waals surface area contributed by atoms with Crippen LogP contribution in [0.25, 0.3) is 0 Å². The molecule has 1 heterocycles. The maximum atomic E-state index is 6.21. The molecule has 2 rings (SSSR count). The Labute approximate surface area is 88.4 Å². The van der Waals surface area contributed by atoms with E-state index >= 15 is 0 Å². The summed E-state index contributed by atoms with van der Waals surface area (Å²) < 4.78 is 9.20. The van der Waals surface area contributed by atoms with Crippen molar-refractivity contribution in [3.63, 3.8) is 0 Å². The number of rotatable bonds is 3. The summed E-state index contributed by atoms with van der Waals surface area (Å²) in [4.78, 5) is 1.23. The Morgan fingerprint density at radius 1 is 1.71 bits per heavy atom. The van der Waals surface area contributed by atoms with Gasteiger partial charge in [-0.1, -0.05) is 6.92 Å². The zero-order chi connectivity index (χ0) is 10.2. The van der Waals surface area contributed by atoms with Crippen LogP contribution in [0.2, 0.25) is 0 Å². The molecule has 1 aliphatic rings. The molecule has 0 bridgehead atoms. The van der Waals surface area contributed by atoms with Crippen molar-refractivity contribution in [2.45, 2.75) is 31.7 Å². The van der Waals surface area contributed by atoms with E-state index in [-0.39, 0.29) is 5.54 Å². The summed E-state index contributed by atoms with van der Waals surface area (Å²) in [7, 11) is 1.64. The molecule has 1 fully saturated rings. The second kappa shape index (κ2) is 3.51. The predicted octanol–water partition coefficient (Wildman–Crippen LogP) is 1.82. The molecule has 1 aliphatic carbocycles. The summed E-state index contributed by atoms with van der Waals surface area (Å²) in [6.07, 6.45) is 3.21. The molecule has 3 nitrogen and oxygen atoms in total.